The first-order valence-corrected chi connectivity index (χ1v) is 5.48. The zero-order chi connectivity index (χ0) is 10.1. The molecule has 0 amide bonds. The summed E-state index contributed by atoms with van der Waals surface area (Å²) in [4.78, 5) is 4.48. The van der Waals surface area contributed by atoms with Crippen molar-refractivity contribution in [1.29, 1.82) is 0 Å². The Kier molecular flexibility index (Phi) is 2.02. The first-order valence-electron chi connectivity index (χ1n) is 5.48. The van der Waals surface area contributed by atoms with E-state index in [1.165, 1.54) is 35.8 Å². The molecule has 1 aromatic carbocycles. The van der Waals surface area contributed by atoms with Crippen molar-refractivity contribution in [3.8, 4) is 0 Å². The summed E-state index contributed by atoms with van der Waals surface area (Å²) in [5.74, 6) is 0. The van der Waals surface area contributed by atoms with Crippen molar-refractivity contribution in [1.82, 2.24) is 4.98 Å². The van der Waals surface area contributed by atoms with Gasteiger partial charge in [-0.15, -0.1) is 0 Å². The van der Waals surface area contributed by atoms with Crippen LogP contribution in [0.2, 0.25) is 0 Å². The van der Waals surface area contributed by atoms with Gasteiger partial charge in [0.25, 0.3) is 0 Å². The molecule has 0 saturated carbocycles. The van der Waals surface area contributed by atoms with Gasteiger partial charge in [-0.25, -0.2) is 0 Å². The minimum Gasteiger partial charge on any atom is -0.256 e. The lowest BCUT2D eigenvalue weighted by Crippen LogP contribution is -1.84. The Hall–Kier alpha value is -1.63. The number of hydrogen-bond acceptors (Lipinski definition) is 1. The van der Waals surface area contributed by atoms with Gasteiger partial charge in [-0.2, -0.15) is 0 Å². The molecule has 74 valence electrons. The molecule has 0 radical (unpaired) electrons. The zero-order valence-electron chi connectivity index (χ0n) is 8.61. The third kappa shape index (κ3) is 1.54. The minimum atomic E-state index is 1.08. The van der Waals surface area contributed by atoms with Crippen LogP contribution in [0, 0.1) is 0 Å². The predicted octanol–water partition coefficient (Wildman–Crippen LogP) is 3.80. The Labute approximate surface area is 89.5 Å². The fourth-order valence-corrected chi connectivity index (χ4v) is 2.18. The van der Waals surface area contributed by atoms with Crippen LogP contribution in [-0.4, -0.2) is 4.98 Å². The molecule has 0 fully saturated rings. The van der Waals surface area contributed by atoms with E-state index in [4.69, 9.17) is 0 Å². The second kappa shape index (κ2) is 3.50. The summed E-state index contributed by atoms with van der Waals surface area (Å²) in [7, 11) is 0. The largest absolute Gasteiger partial charge is 0.256 e. The SMILES string of the molecule is C1=C(c2cnc3ccccc3c2)CCC1. The molecule has 1 heterocycles. The number of benzene rings is 1. The standard InChI is InChI=1S/C14H13N/c1-2-6-11(5-1)13-9-12-7-3-4-8-14(12)15-10-13/h3-5,7-10H,1-2,6H2. The monoisotopic (exact) mass is 195 g/mol. The van der Waals surface area contributed by atoms with Crippen molar-refractivity contribution in [3.63, 3.8) is 0 Å². The lowest BCUT2D eigenvalue weighted by molar-refractivity contribution is 0.935. The molecule has 0 N–H and O–H groups in total. The Morgan fingerprint density at radius 1 is 1.13 bits per heavy atom. The summed E-state index contributed by atoms with van der Waals surface area (Å²) in [5, 5.41) is 1.24. The molecule has 2 aromatic rings. The van der Waals surface area contributed by atoms with E-state index in [1.807, 2.05) is 12.3 Å². The lowest BCUT2D eigenvalue weighted by atomic mass is 10.1. The molecule has 1 aliphatic rings. The van der Waals surface area contributed by atoms with Crippen molar-refractivity contribution in [2.45, 2.75) is 19.3 Å². The van der Waals surface area contributed by atoms with Crippen LogP contribution in [0.5, 0.6) is 0 Å². The number of rotatable bonds is 1. The molecule has 1 heteroatoms. The first kappa shape index (κ1) is 8.66. The van der Waals surface area contributed by atoms with Gasteiger partial charge in [-0.3, -0.25) is 4.98 Å². The van der Waals surface area contributed by atoms with Crippen LogP contribution in [0.3, 0.4) is 0 Å². The number of aromatic nitrogens is 1. The number of nitrogens with zero attached hydrogens (tertiary/aromatic N) is 1. The van der Waals surface area contributed by atoms with Gasteiger partial charge in [0.15, 0.2) is 0 Å². The van der Waals surface area contributed by atoms with Gasteiger partial charge in [-0.1, -0.05) is 24.3 Å². The molecule has 1 aromatic heterocycles. The van der Waals surface area contributed by atoms with E-state index in [1.54, 1.807) is 0 Å². The maximum absolute atomic E-state index is 4.48. The van der Waals surface area contributed by atoms with E-state index in [2.05, 4.69) is 35.3 Å². The molecule has 0 atom stereocenters. The minimum absolute atomic E-state index is 1.08. The van der Waals surface area contributed by atoms with E-state index in [9.17, 15) is 0 Å². The first-order chi connectivity index (χ1) is 7.43. The van der Waals surface area contributed by atoms with E-state index >= 15 is 0 Å². The van der Waals surface area contributed by atoms with Crippen molar-refractivity contribution in [3.05, 3.63) is 48.2 Å². The lowest BCUT2D eigenvalue weighted by Gasteiger charge is -2.03. The highest BCUT2D eigenvalue weighted by molar-refractivity contribution is 5.82. The molecule has 0 aliphatic heterocycles. The molecule has 0 saturated heterocycles. The van der Waals surface area contributed by atoms with E-state index < -0.39 is 0 Å². The van der Waals surface area contributed by atoms with Gasteiger partial charge in [0.2, 0.25) is 0 Å². The molecular weight excluding hydrogens is 182 g/mol. The highest BCUT2D eigenvalue weighted by atomic mass is 14.6. The molecular formula is C14H13N. The smallest absolute Gasteiger partial charge is 0.0702 e. The molecule has 0 bridgehead atoms. The fraction of sp³-hybridized carbons (Fsp3) is 0.214. The maximum atomic E-state index is 4.48. The quantitative estimate of drug-likeness (QED) is 0.674. The number of pyridine rings is 1. The van der Waals surface area contributed by atoms with Crippen LogP contribution >= 0.6 is 0 Å². The molecule has 0 spiro atoms. The number of fused-ring (bicyclic) bond motifs is 1. The summed E-state index contributed by atoms with van der Waals surface area (Å²) >= 11 is 0. The predicted molar refractivity (Wildman–Crippen MR) is 63.6 cm³/mol. The Morgan fingerprint density at radius 2 is 2.07 bits per heavy atom. The fourth-order valence-electron chi connectivity index (χ4n) is 2.18. The molecule has 15 heavy (non-hydrogen) atoms. The second-order valence-corrected chi connectivity index (χ2v) is 4.04. The Bertz CT molecular complexity index is 526. The Morgan fingerprint density at radius 3 is 2.93 bits per heavy atom. The van der Waals surface area contributed by atoms with Gasteiger partial charge in [0.05, 0.1) is 5.52 Å². The highest BCUT2D eigenvalue weighted by Gasteiger charge is 2.07. The van der Waals surface area contributed by atoms with Crippen molar-refractivity contribution < 1.29 is 0 Å². The number of para-hydroxylation sites is 1. The average molecular weight is 195 g/mol. The summed E-state index contributed by atoms with van der Waals surface area (Å²) in [5.41, 5.74) is 3.85. The summed E-state index contributed by atoms with van der Waals surface area (Å²) in [6.07, 6.45) is 8.07. The van der Waals surface area contributed by atoms with Crippen molar-refractivity contribution in [2.75, 3.05) is 0 Å². The molecule has 0 unspecified atom stereocenters. The van der Waals surface area contributed by atoms with Crippen molar-refractivity contribution in [2.24, 2.45) is 0 Å². The Balaban J connectivity index is 2.13. The van der Waals surface area contributed by atoms with Crippen LogP contribution in [0.4, 0.5) is 0 Å². The van der Waals surface area contributed by atoms with Crippen LogP contribution in [0.15, 0.2) is 42.6 Å². The number of allylic oxidation sites excluding steroid dienone is 2. The van der Waals surface area contributed by atoms with Crippen LogP contribution in [0.1, 0.15) is 24.8 Å². The van der Waals surface area contributed by atoms with Gasteiger partial charge in [0, 0.05) is 11.6 Å². The highest BCUT2D eigenvalue weighted by Crippen LogP contribution is 2.28. The summed E-state index contributed by atoms with van der Waals surface area (Å²) in [6.45, 7) is 0. The third-order valence-corrected chi connectivity index (χ3v) is 3.00. The van der Waals surface area contributed by atoms with E-state index in [-0.39, 0.29) is 0 Å². The van der Waals surface area contributed by atoms with Gasteiger partial charge >= 0.3 is 0 Å². The van der Waals surface area contributed by atoms with Crippen LogP contribution in [-0.2, 0) is 0 Å². The average Bonchev–Trinajstić information content (AvgIpc) is 2.82. The van der Waals surface area contributed by atoms with E-state index in [0.717, 1.165) is 5.52 Å². The maximum Gasteiger partial charge on any atom is 0.0702 e. The van der Waals surface area contributed by atoms with Crippen LogP contribution < -0.4 is 0 Å². The van der Waals surface area contributed by atoms with Crippen molar-refractivity contribution >= 4 is 16.5 Å². The van der Waals surface area contributed by atoms with Gasteiger partial charge in [0.1, 0.15) is 0 Å². The van der Waals surface area contributed by atoms with Gasteiger partial charge in [-0.05, 0) is 42.5 Å². The number of hydrogen-bond donors (Lipinski definition) is 0. The molecule has 1 aliphatic carbocycles. The van der Waals surface area contributed by atoms with Crippen LogP contribution in [0.25, 0.3) is 16.5 Å². The topological polar surface area (TPSA) is 12.9 Å². The second-order valence-electron chi connectivity index (χ2n) is 4.04. The zero-order valence-corrected chi connectivity index (χ0v) is 8.61. The molecule has 3 rings (SSSR count). The third-order valence-electron chi connectivity index (χ3n) is 3.00. The van der Waals surface area contributed by atoms with Gasteiger partial charge < -0.3 is 0 Å². The summed E-state index contributed by atoms with van der Waals surface area (Å²) in [6, 6.07) is 10.5. The normalized spacial score (nSPS) is 15.6. The molecule has 1 nitrogen and oxygen atoms in total. The van der Waals surface area contributed by atoms with E-state index in [0.29, 0.717) is 0 Å². The summed E-state index contributed by atoms with van der Waals surface area (Å²) < 4.78 is 0.